The van der Waals surface area contributed by atoms with Gasteiger partial charge in [-0.15, -0.1) is 5.10 Å². The van der Waals surface area contributed by atoms with Crippen LogP contribution in [0.2, 0.25) is 0 Å². The van der Waals surface area contributed by atoms with Crippen LogP contribution in [0.1, 0.15) is 0 Å². The van der Waals surface area contributed by atoms with Gasteiger partial charge in [-0.25, -0.2) is 4.68 Å². The van der Waals surface area contributed by atoms with Crippen LogP contribution in [-0.2, 0) is 6.67 Å². The molecular formula is C22H20N4O2S. The van der Waals surface area contributed by atoms with E-state index >= 15 is 0 Å². The van der Waals surface area contributed by atoms with Crippen LogP contribution in [-0.4, -0.2) is 16.9 Å². The van der Waals surface area contributed by atoms with Gasteiger partial charge >= 0.3 is 0 Å². The molecule has 4 aromatic rings. The van der Waals surface area contributed by atoms with Gasteiger partial charge in [0, 0.05) is 11.4 Å². The zero-order chi connectivity index (χ0) is 20.1. The Bertz CT molecular complexity index is 1140. The van der Waals surface area contributed by atoms with Crippen LogP contribution in [0.4, 0.5) is 17.1 Å². The van der Waals surface area contributed by atoms with E-state index < -0.39 is 0 Å². The molecule has 0 radical (unpaired) electrons. The van der Waals surface area contributed by atoms with Crippen LogP contribution < -0.4 is 15.4 Å². The third-order valence-corrected chi connectivity index (χ3v) is 4.63. The molecule has 0 saturated carbocycles. The first-order chi connectivity index (χ1) is 14.2. The number of anilines is 3. The summed E-state index contributed by atoms with van der Waals surface area (Å²) in [5, 5.41) is 11.2. The van der Waals surface area contributed by atoms with Crippen molar-refractivity contribution in [2.75, 3.05) is 17.7 Å². The standard InChI is InChI=1S/C22H20N4O2S/c1-27-18-13-11-16(12-14-18)23-15-26-22(29)28-21(25-26)19-9-5-6-10-20(19)24-17-7-3-2-4-8-17/h2-14,23-24H,15H2,1H3. The number of rotatable bonds is 7. The number of nitrogens with one attached hydrogen (secondary N) is 2. The van der Waals surface area contributed by atoms with Gasteiger partial charge in [-0.1, -0.05) is 30.3 Å². The fourth-order valence-electron chi connectivity index (χ4n) is 2.85. The van der Waals surface area contributed by atoms with E-state index in [0.717, 1.165) is 28.4 Å². The predicted molar refractivity (Wildman–Crippen MR) is 117 cm³/mol. The van der Waals surface area contributed by atoms with Crippen molar-refractivity contribution in [2.24, 2.45) is 0 Å². The lowest BCUT2D eigenvalue weighted by molar-refractivity contribution is 0.415. The molecule has 0 amide bonds. The van der Waals surface area contributed by atoms with Gasteiger partial charge in [-0.2, -0.15) is 0 Å². The summed E-state index contributed by atoms with van der Waals surface area (Å²) in [6.07, 6.45) is 0. The third kappa shape index (κ3) is 4.47. The van der Waals surface area contributed by atoms with Crippen molar-refractivity contribution >= 4 is 29.3 Å². The average molecular weight is 404 g/mol. The molecule has 29 heavy (non-hydrogen) atoms. The lowest BCUT2D eigenvalue weighted by Gasteiger charge is -2.09. The minimum atomic E-state index is 0.301. The predicted octanol–water partition coefficient (Wildman–Crippen LogP) is 5.69. The lowest BCUT2D eigenvalue weighted by atomic mass is 10.1. The Morgan fingerprint density at radius 2 is 1.66 bits per heavy atom. The molecule has 0 bridgehead atoms. The summed E-state index contributed by atoms with van der Waals surface area (Å²) in [5.41, 5.74) is 3.65. The molecule has 0 fully saturated rings. The first-order valence-electron chi connectivity index (χ1n) is 9.10. The second kappa shape index (κ2) is 8.62. The van der Waals surface area contributed by atoms with E-state index in [2.05, 4.69) is 15.7 Å². The van der Waals surface area contributed by atoms with E-state index in [4.69, 9.17) is 21.4 Å². The van der Waals surface area contributed by atoms with Crippen LogP contribution in [0.5, 0.6) is 5.75 Å². The Morgan fingerprint density at radius 1 is 0.931 bits per heavy atom. The van der Waals surface area contributed by atoms with Gasteiger partial charge < -0.3 is 19.8 Å². The minimum Gasteiger partial charge on any atom is -0.497 e. The maximum absolute atomic E-state index is 5.77. The number of hydrogen-bond donors (Lipinski definition) is 2. The highest BCUT2D eigenvalue weighted by Gasteiger charge is 2.12. The fraction of sp³-hybridized carbons (Fsp3) is 0.0909. The first kappa shape index (κ1) is 18.8. The molecule has 7 heteroatoms. The van der Waals surface area contributed by atoms with Gasteiger partial charge in [0.2, 0.25) is 5.89 Å². The number of hydrogen-bond acceptors (Lipinski definition) is 6. The Labute approximate surface area is 173 Å². The minimum absolute atomic E-state index is 0.301. The average Bonchev–Trinajstić information content (AvgIpc) is 3.14. The van der Waals surface area contributed by atoms with E-state index in [0.29, 0.717) is 17.4 Å². The van der Waals surface area contributed by atoms with Crippen LogP contribution >= 0.6 is 12.2 Å². The lowest BCUT2D eigenvalue weighted by Crippen LogP contribution is -2.09. The number of para-hydroxylation sites is 2. The number of methoxy groups -OCH3 is 1. The summed E-state index contributed by atoms with van der Waals surface area (Å²) in [6, 6.07) is 25.4. The third-order valence-electron chi connectivity index (χ3n) is 4.34. The van der Waals surface area contributed by atoms with Crippen molar-refractivity contribution in [3.63, 3.8) is 0 Å². The van der Waals surface area contributed by atoms with Crippen LogP contribution in [0, 0.1) is 4.84 Å². The van der Waals surface area contributed by atoms with Gasteiger partial charge in [-0.3, -0.25) is 0 Å². The van der Waals surface area contributed by atoms with Crippen molar-refractivity contribution in [3.8, 4) is 17.2 Å². The van der Waals surface area contributed by atoms with Gasteiger partial charge in [0.15, 0.2) is 0 Å². The molecular weight excluding hydrogens is 384 g/mol. The monoisotopic (exact) mass is 404 g/mol. The highest BCUT2D eigenvalue weighted by atomic mass is 32.1. The number of nitrogens with zero attached hydrogens (tertiary/aromatic N) is 2. The molecule has 0 aliphatic carbocycles. The second-order valence-electron chi connectivity index (χ2n) is 6.27. The van der Waals surface area contributed by atoms with E-state index in [1.54, 1.807) is 11.8 Å². The van der Waals surface area contributed by atoms with E-state index in [9.17, 15) is 0 Å². The molecule has 6 nitrogen and oxygen atoms in total. The van der Waals surface area contributed by atoms with Crippen molar-refractivity contribution < 1.29 is 9.15 Å². The molecule has 2 N–H and O–H groups in total. The largest absolute Gasteiger partial charge is 0.497 e. The van der Waals surface area contributed by atoms with E-state index in [1.165, 1.54) is 0 Å². The number of aromatic nitrogens is 2. The highest BCUT2D eigenvalue weighted by molar-refractivity contribution is 7.71. The smallest absolute Gasteiger partial charge is 0.289 e. The van der Waals surface area contributed by atoms with Gasteiger partial charge in [-0.05, 0) is 60.7 Å². The normalized spacial score (nSPS) is 10.5. The highest BCUT2D eigenvalue weighted by Crippen LogP contribution is 2.29. The summed E-state index contributed by atoms with van der Waals surface area (Å²) in [4.78, 5) is 0.301. The van der Waals surface area contributed by atoms with Gasteiger partial charge in [0.25, 0.3) is 4.84 Å². The van der Waals surface area contributed by atoms with Gasteiger partial charge in [0.05, 0.1) is 18.4 Å². The Balaban J connectivity index is 1.54. The molecule has 0 aliphatic rings. The van der Waals surface area contributed by atoms with Crippen molar-refractivity contribution in [1.29, 1.82) is 0 Å². The number of ether oxygens (including phenoxy) is 1. The molecule has 1 heterocycles. The molecule has 1 aromatic heterocycles. The molecule has 0 aliphatic heterocycles. The molecule has 0 atom stereocenters. The van der Waals surface area contributed by atoms with Crippen LogP contribution in [0.15, 0.2) is 83.3 Å². The fourth-order valence-corrected chi connectivity index (χ4v) is 3.03. The first-order valence-corrected chi connectivity index (χ1v) is 9.51. The molecule has 3 aromatic carbocycles. The Hall–Kier alpha value is -3.58. The van der Waals surface area contributed by atoms with Crippen LogP contribution in [0.25, 0.3) is 11.5 Å². The Kier molecular flexibility index (Phi) is 5.58. The topological polar surface area (TPSA) is 64.2 Å². The summed E-state index contributed by atoms with van der Waals surface area (Å²) in [7, 11) is 1.64. The zero-order valence-corrected chi connectivity index (χ0v) is 16.6. The van der Waals surface area contributed by atoms with E-state index in [1.807, 2.05) is 78.9 Å². The van der Waals surface area contributed by atoms with Crippen molar-refractivity contribution in [1.82, 2.24) is 9.78 Å². The second-order valence-corrected chi connectivity index (χ2v) is 6.62. The van der Waals surface area contributed by atoms with E-state index in [-0.39, 0.29) is 0 Å². The zero-order valence-electron chi connectivity index (χ0n) is 15.8. The number of benzene rings is 3. The van der Waals surface area contributed by atoms with Gasteiger partial charge in [0.1, 0.15) is 12.4 Å². The summed E-state index contributed by atoms with van der Waals surface area (Å²) in [5.74, 6) is 1.27. The summed E-state index contributed by atoms with van der Waals surface area (Å²) < 4.78 is 12.6. The molecule has 0 unspecified atom stereocenters. The van der Waals surface area contributed by atoms with Crippen molar-refractivity contribution in [2.45, 2.75) is 6.67 Å². The van der Waals surface area contributed by atoms with Crippen molar-refractivity contribution in [3.05, 3.63) is 83.7 Å². The molecule has 146 valence electrons. The SMILES string of the molecule is COc1ccc(NCn2nc(-c3ccccc3Nc3ccccc3)oc2=S)cc1. The molecule has 0 saturated heterocycles. The maximum Gasteiger partial charge on any atom is 0.289 e. The quantitative estimate of drug-likeness (QED) is 0.386. The molecule has 0 spiro atoms. The van der Waals surface area contributed by atoms with Crippen LogP contribution in [0.3, 0.4) is 0 Å². The molecule has 4 rings (SSSR count). The Morgan fingerprint density at radius 3 is 2.41 bits per heavy atom. The summed E-state index contributed by atoms with van der Waals surface area (Å²) in [6.45, 7) is 0.392. The summed E-state index contributed by atoms with van der Waals surface area (Å²) >= 11 is 5.35. The maximum atomic E-state index is 5.77.